The summed E-state index contributed by atoms with van der Waals surface area (Å²) in [6.07, 6.45) is -3.78. The van der Waals surface area contributed by atoms with Gasteiger partial charge in [0.25, 0.3) is 0 Å². The zero-order valence-electron chi connectivity index (χ0n) is 7.08. The second kappa shape index (κ2) is 3.96. The molecule has 0 bridgehead atoms. The fraction of sp³-hybridized carbons (Fsp3) is 0.125. The van der Waals surface area contributed by atoms with E-state index in [2.05, 4.69) is 9.72 Å². The van der Waals surface area contributed by atoms with Crippen LogP contribution in [0.3, 0.4) is 0 Å². The number of alkyl halides is 3. The molecule has 1 aromatic rings. The van der Waals surface area contributed by atoms with E-state index in [1.54, 1.807) is 6.07 Å². The van der Waals surface area contributed by atoms with E-state index in [1.807, 2.05) is 0 Å². The van der Waals surface area contributed by atoms with Crippen LogP contribution in [0.4, 0.5) is 13.2 Å². The van der Waals surface area contributed by atoms with Crippen LogP contribution in [0.15, 0.2) is 12.3 Å². The van der Waals surface area contributed by atoms with E-state index in [0.717, 1.165) is 12.3 Å². The molecule has 1 rings (SSSR count). The lowest BCUT2D eigenvalue weighted by Gasteiger charge is -2.07. The maximum atomic E-state index is 11.7. The highest BCUT2D eigenvalue weighted by Crippen LogP contribution is 2.21. The minimum Gasteiger partial charge on any atom is -0.388 e. The number of ether oxygens (including phenoxy) is 1. The van der Waals surface area contributed by atoms with E-state index in [0.29, 0.717) is 0 Å². The van der Waals surface area contributed by atoms with E-state index in [9.17, 15) is 18.0 Å². The lowest BCUT2D eigenvalue weighted by Crippen LogP contribution is -2.18. The molecule has 15 heavy (non-hydrogen) atoms. The van der Waals surface area contributed by atoms with E-state index in [4.69, 9.17) is 5.26 Å². The summed E-state index contributed by atoms with van der Waals surface area (Å²) in [7, 11) is 0. The van der Waals surface area contributed by atoms with Crippen LogP contribution in [0.25, 0.3) is 0 Å². The highest BCUT2D eigenvalue weighted by atomic mass is 19.4. The Bertz CT molecular complexity index is 423. The number of carbonyl (C=O) groups is 1. The first-order valence-corrected chi connectivity index (χ1v) is 3.57. The molecule has 0 aliphatic heterocycles. The number of hydrogen-bond donors (Lipinski definition) is 0. The highest BCUT2D eigenvalue weighted by Gasteiger charge is 2.31. The van der Waals surface area contributed by atoms with Gasteiger partial charge < -0.3 is 4.74 Å². The zero-order chi connectivity index (χ0) is 11.5. The van der Waals surface area contributed by atoms with Crippen molar-refractivity contribution in [3.05, 3.63) is 23.4 Å². The van der Waals surface area contributed by atoms with E-state index in [1.165, 1.54) is 0 Å². The molecule has 0 aliphatic rings. The first-order valence-electron chi connectivity index (χ1n) is 3.57. The van der Waals surface area contributed by atoms with Crippen LogP contribution in [-0.2, 0) is 0 Å². The predicted octanol–water partition coefficient (Wildman–Crippen LogP) is 1.66. The van der Waals surface area contributed by atoms with Crippen LogP contribution in [0.1, 0.15) is 15.9 Å². The van der Waals surface area contributed by atoms with Gasteiger partial charge in [-0.05, 0) is 0 Å². The molecule has 0 spiro atoms. The quantitative estimate of drug-likeness (QED) is 0.705. The van der Waals surface area contributed by atoms with Crippen LogP contribution < -0.4 is 4.74 Å². The molecule has 0 saturated heterocycles. The van der Waals surface area contributed by atoms with Crippen LogP contribution >= 0.6 is 0 Å². The van der Waals surface area contributed by atoms with Crippen molar-refractivity contribution < 1.29 is 22.7 Å². The predicted molar refractivity (Wildman–Crippen MR) is 41.0 cm³/mol. The number of nitriles is 1. The number of nitrogens with zero attached hydrogens (tertiary/aromatic N) is 2. The average Bonchev–Trinajstić information content (AvgIpc) is 2.15. The summed E-state index contributed by atoms with van der Waals surface area (Å²) in [5, 5.41) is 8.46. The van der Waals surface area contributed by atoms with Gasteiger partial charge in [-0.2, -0.15) is 5.26 Å². The Balaban J connectivity index is 3.05. The molecule has 0 N–H and O–H groups in total. The minimum absolute atomic E-state index is 0.112. The van der Waals surface area contributed by atoms with Gasteiger partial charge in [0.05, 0.1) is 5.56 Å². The fourth-order valence-electron chi connectivity index (χ4n) is 0.816. The summed E-state index contributed by atoms with van der Waals surface area (Å²) in [5.41, 5.74) is -0.314. The maximum absolute atomic E-state index is 11.7. The highest BCUT2D eigenvalue weighted by molar-refractivity contribution is 5.79. The van der Waals surface area contributed by atoms with E-state index >= 15 is 0 Å². The molecule has 0 saturated carbocycles. The van der Waals surface area contributed by atoms with Gasteiger partial charge in [-0.15, -0.1) is 13.2 Å². The van der Waals surface area contributed by atoms with Gasteiger partial charge in [0.1, 0.15) is 6.07 Å². The first-order chi connectivity index (χ1) is 6.96. The Morgan fingerprint density at radius 2 is 2.20 bits per heavy atom. The van der Waals surface area contributed by atoms with Gasteiger partial charge >= 0.3 is 6.36 Å². The molecule has 0 radical (unpaired) electrons. The van der Waals surface area contributed by atoms with Crippen molar-refractivity contribution in [3.8, 4) is 11.9 Å². The molecule has 0 aromatic carbocycles. The molecule has 78 valence electrons. The van der Waals surface area contributed by atoms with Gasteiger partial charge in [-0.25, -0.2) is 4.98 Å². The summed E-state index contributed by atoms with van der Waals surface area (Å²) >= 11 is 0. The lowest BCUT2D eigenvalue weighted by molar-refractivity contribution is -0.276. The summed E-state index contributed by atoms with van der Waals surface area (Å²) < 4.78 is 38.7. The molecule has 0 amide bonds. The first kappa shape index (κ1) is 11.0. The molecule has 0 aliphatic carbocycles. The van der Waals surface area contributed by atoms with E-state index < -0.39 is 12.2 Å². The Morgan fingerprint density at radius 1 is 1.53 bits per heavy atom. The number of aldehydes is 1. The Labute approximate surface area is 81.9 Å². The molecule has 0 fully saturated rings. The third-order valence-electron chi connectivity index (χ3n) is 1.38. The number of aromatic nitrogens is 1. The van der Waals surface area contributed by atoms with Gasteiger partial charge in [0.15, 0.2) is 6.29 Å². The van der Waals surface area contributed by atoms with Crippen molar-refractivity contribution in [1.29, 1.82) is 5.26 Å². The molecule has 1 heterocycles. The van der Waals surface area contributed by atoms with Crippen LogP contribution in [0.5, 0.6) is 5.88 Å². The third-order valence-corrected chi connectivity index (χ3v) is 1.38. The number of hydrogen-bond acceptors (Lipinski definition) is 4. The van der Waals surface area contributed by atoms with Gasteiger partial charge in [-0.1, -0.05) is 0 Å². The average molecular weight is 216 g/mol. The summed E-state index contributed by atoms with van der Waals surface area (Å²) in [6, 6.07) is 2.36. The van der Waals surface area contributed by atoms with Crippen molar-refractivity contribution in [1.82, 2.24) is 4.98 Å². The standard InChI is InChI=1S/C8H3F3N2O2/c9-8(10,11)15-7-1-5(4-14)6(2-12)3-13-7/h1,3-4H. The van der Waals surface area contributed by atoms with Crippen molar-refractivity contribution in [2.45, 2.75) is 6.36 Å². The molecule has 4 nitrogen and oxygen atoms in total. The van der Waals surface area contributed by atoms with Crippen molar-refractivity contribution in [2.24, 2.45) is 0 Å². The molecule has 7 heteroatoms. The summed E-state index contributed by atoms with van der Waals surface area (Å²) in [5.74, 6) is -0.774. The fourth-order valence-corrected chi connectivity index (χ4v) is 0.816. The maximum Gasteiger partial charge on any atom is 0.574 e. The van der Waals surface area contributed by atoms with Crippen molar-refractivity contribution >= 4 is 6.29 Å². The lowest BCUT2D eigenvalue weighted by atomic mass is 10.2. The zero-order valence-corrected chi connectivity index (χ0v) is 7.08. The number of halogens is 3. The monoisotopic (exact) mass is 216 g/mol. The van der Waals surface area contributed by atoms with Crippen molar-refractivity contribution in [3.63, 3.8) is 0 Å². The number of rotatable bonds is 2. The van der Waals surface area contributed by atoms with Gasteiger partial charge in [0, 0.05) is 17.8 Å². The molecule has 0 atom stereocenters. The minimum atomic E-state index is -4.87. The summed E-state index contributed by atoms with van der Waals surface area (Å²) in [6.45, 7) is 0. The van der Waals surface area contributed by atoms with Crippen LogP contribution in [0, 0.1) is 11.3 Å². The number of carbonyl (C=O) groups excluding carboxylic acids is 1. The molecule has 0 unspecified atom stereocenters. The second-order valence-corrected chi connectivity index (χ2v) is 2.39. The normalized spacial score (nSPS) is 10.5. The summed E-state index contributed by atoms with van der Waals surface area (Å²) in [4.78, 5) is 13.6. The van der Waals surface area contributed by atoms with Crippen LogP contribution in [0.2, 0.25) is 0 Å². The smallest absolute Gasteiger partial charge is 0.388 e. The topological polar surface area (TPSA) is 63.0 Å². The molecule has 1 aromatic heterocycles. The third kappa shape index (κ3) is 2.95. The molecular formula is C8H3F3N2O2. The number of pyridine rings is 1. The Morgan fingerprint density at radius 3 is 2.67 bits per heavy atom. The largest absolute Gasteiger partial charge is 0.574 e. The Kier molecular flexibility index (Phi) is 2.90. The molecular weight excluding hydrogens is 213 g/mol. The van der Waals surface area contributed by atoms with Crippen molar-refractivity contribution in [2.75, 3.05) is 0 Å². The van der Waals surface area contributed by atoms with Gasteiger partial charge in [-0.3, -0.25) is 4.79 Å². The Hall–Kier alpha value is -2.10. The van der Waals surface area contributed by atoms with E-state index in [-0.39, 0.29) is 17.4 Å². The van der Waals surface area contributed by atoms with Gasteiger partial charge in [0.2, 0.25) is 5.88 Å². The second-order valence-electron chi connectivity index (χ2n) is 2.39. The van der Waals surface area contributed by atoms with Crippen LogP contribution in [-0.4, -0.2) is 17.6 Å². The SMILES string of the molecule is N#Cc1cnc(OC(F)(F)F)cc1C=O.